The van der Waals surface area contributed by atoms with Crippen molar-refractivity contribution in [3.05, 3.63) is 11.6 Å². The van der Waals surface area contributed by atoms with Gasteiger partial charge in [-0.15, -0.1) is 0 Å². The molecule has 1 nitrogen and oxygen atoms in total. The summed E-state index contributed by atoms with van der Waals surface area (Å²) in [5, 5.41) is 9.16. The highest BCUT2D eigenvalue weighted by Crippen LogP contribution is 2.07. The van der Waals surface area contributed by atoms with E-state index in [0.29, 0.717) is 0 Å². The molecule has 0 bridgehead atoms. The van der Waals surface area contributed by atoms with Crippen LogP contribution in [0.5, 0.6) is 0 Å². The standard InChI is InChI=1S/C11H22O/c1-4-5-6-7-8-9-10(2)11(3)12/h9,11-12H,4-8H2,1-3H3/b10-9+. The third kappa shape index (κ3) is 6.41. The van der Waals surface area contributed by atoms with Crippen LogP contribution in [0.15, 0.2) is 11.6 Å². The van der Waals surface area contributed by atoms with Gasteiger partial charge in [-0.3, -0.25) is 0 Å². The Morgan fingerprint density at radius 3 is 2.50 bits per heavy atom. The number of hydrogen-bond donors (Lipinski definition) is 1. The normalized spacial score (nSPS) is 14.8. The van der Waals surface area contributed by atoms with E-state index in [9.17, 15) is 0 Å². The lowest BCUT2D eigenvalue weighted by Gasteiger charge is -2.03. The van der Waals surface area contributed by atoms with Gasteiger partial charge in [0.05, 0.1) is 6.10 Å². The van der Waals surface area contributed by atoms with Crippen molar-refractivity contribution in [1.82, 2.24) is 0 Å². The zero-order chi connectivity index (χ0) is 9.40. The lowest BCUT2D eigenvalue weighted by atomic mass is 10.1. The second-order valence-corrected chi connectivity index (χ2v) is 3.47. The second-order valence-electron chi connectivity index (χ2n) is 3.47. The number of aliphatic hydroxyl groups is 1. The number of aliphatic hydroxyl groups excluding tert-OH is 1. The molecule has 1 unspecified atom stereocenters. The van der Waals surface area contributed by atoms with Crippen LogP contribution in [0.4, 0.5) is 0 Å². The van der Waals surface area contributed by atoms with Gasteiger partial charge >= 0.3 is 0 Å². The molecule has 0 saturated carbocycles. The highest BCUT2D eigenvalue weighted by Gasteiger charge is 1.95. The van der Waals surface area contributed by atoms with Crippen LogP contribution in [0.25, 0.3) is 0 Å². The van der Waals surface area contributed by atoms with Gasteiger partial charge in [0.15, 0.2) is 0 Å². The molecule has 0 heterocycles. The van der Waals surface area contributed by atoms with Gasteiger partial charge in [-0.1, -0.05) is 32.3 Å². The van der Waals surface area contributed by atoms with Gasteiger partial charge in [-0.2, -0.15) is 0 Å². The molecule has 72 valence electrons. The van der Waals surface area contributed by atoms with E-state index in [-0.39, 0.29) is 6.10 Å². The Hall–Kier alpha value is -0.300. The molecule has 0 aliphatic carbocycles. The molecule has 0 saturated heterocycles. The first kappa shape index (κ1) is 11.7. The number of unbranched alkanes of at least 4 members (excludes halogenated alkanes) is 4. The molecule has 12 heavy (non-hydrogen) atoms. The summed E-state index contributed by atoms with van der Waals surface area (Å²) in [5.74, 6) is 0. The van der Waals surface area contributed by atoms with Crippen LogP contribution in [0, 0.1) is 0 Å². The van der Waals surface area contributed by atoms with Crippen LogP contribution >= 0.6 is 0 Å². The molecule has 1 N–H and O–H groups in total. The van der Waals surface area contributed by atoms with E-state index in [1.165, 1.54) is 25.7 Å². The number of rotatable bonds is 6. The smallest absolute Gasteiger partial charge is 0.0719 e. The fourth-order valence-electron chi connectivity index (χ4n) is 1.07. The highest BCUT2D eigenvalue weighted by atomic mass is 16.3. The first-order chi connectivity index (χ1) is 5.68. The third-order valence-electron chi connectivity index (χ3n) is 2.18. The van der Waals surface area contributed by atoms with E-state index in [2.05, 4.69) is 13.0 Å². The molecule has 0 spiro atoms. The van der Waals surface area contributed by atoms with Gasteiger partial charge in [0.25, 0.3) is 0 Å². The first-order valence-corrected chi connectivity index (χ1v) is 5.03. The minimum atomic E-state index is -0.267. The summed E-state index contributed by atoms with van der Waals surface area (Å²) in [4.78, 5) is 0. The summed E-state index contributed by atoms with van der Waals surface area (Å²) in [5.41, 5.74) is 1.10. The molecule has 0 rings (SSSR count). The Labute approximate surface area is 76.5 Å². The molecule has 0 aliphatic heterocycles. The molecule has 0 fully saturated rings. The van der Waals surface area contributed by atoms with Crippen LogP contribution in [0.1, 0.15) is 52.9 Å². The molecule has 0 aromatic rings. The average Bonchev–Trinajstić information content (AvgIpc) is 2.03. The zero-order valence-corrected chi connectivity index (χ0v) is 8.64. The summed E-state index contributed by atoms with van der Waals surface area (Å²) in [7, 11) is 0. The number of allylic oxidation sites excluding steroid dienone is 1. The summed E-state index contributed by atoms with van der Waals surface area (Å²) < 4.78 is 0. The average molecular weight is 170 g/mol. The van der Waals surface area contributed by atoms with Crippen LogP contribution in [-0.2, 0) is 0 Å². The highest BCUT2D eigenvalue weighted by molar-refractivity contribution is 5.02. The third-order valence-corrected chi connectivity index (χ3v) is 2.18. The van der Waals surface area contributed by atoms with Crippen molar-refractivity contribution in [1.29, 1.82) is 0 Å². The zero-order valence-electron chi connectivity index (χ0n) is 8.64. The summed E-state index contributed by atoms with van der Waals surface area (Å²) in [6.07, 6.45) is 8.21. The van der Waals surface area contributed by atoms with Gasteiger partial charge < -0.3 is 5.11 Å². The van der Waals surface area contributed by atoms with Crippen molar-refractivity contribution < 1.29 is 5.11 Å². The summed E-state index contributed by atoms with van der Waals surface area (Å²) in [6.45, 7) is 6.03. The largest absolute Gasteiger partial charge is 0.389 e. The van der Waals surface area contributed by atoms with Gasteiger partial charge in [0, 0.05) is 0 Å². The van der Waals surface area contributed by atoms with Crippen LogP contribution in [0.2, 0.25) is 0 Å². The number of hydrogen-bond acceptors (Lipinski definition) is 1. The maximum atomic E-state index is 9.16. The maximum absolute atomic E-state index is 9.16. The van der Waals surface area contributed by atoms with Crippen molar-refractivity contribution in [2.75, 3.05) is 0 Å². The molecular weight excluding hydrogens is 148 g/mol. The predicted molar refractivity (Wildman–Crippen MR) is 54.2 cm³/mol. The Kier molecular flexibility index (Phi) is 7.17. The molecular formula is C11H22O. The summed E-state index contributed by atoms with van der Waals surface area (Å²) in [6, 6.07) is 0. The monoisotopic (exact) mass is 170 g/mol. The SMILES string of the molecule is CCCCCC/C=C(\C)C(C)O. The predicted octanol–water partition coefficient (Wildman–Crippen LogP) is 3.28. The van der Waals surface area contributed by atoms with E-state index in [1.54, 1.807) is 0 Å². The van der Waals surface area contributed by atoms with Crippen LogP contribution in [0.3, 0.4) is 0 Å². The molecule has 0 aromatic carbocycles. The van der Waals surface area contributed by atoms with Crippen LogP contribution < -0.4 is 0 Å². The summed E-state index contributed by atoms with van der Waals surface area (Å²) >= 11 is 0. The quantitative estimate of drug-likeness (QED) is 0.479. The molecule has 1 atom stereocenters. The Morgan fingerprint density at radius 1 is 1.33 bits per heavy atom. The fourth-order valence-corrected chi connectivity index (χ4v) is 1.07. The van der Waals surface area contributed by atoms with Gasteiger partial charge in [0.2, 0.25) is 0 Å². The molecule has 0 amide bonds. The minimum Gasteiger partial charge on any atom is -0.389 e. The lowest BCUT2D eigenvalue weighted by molar-refractivity contribution is 0.231. The van der Waals surface area contributed by atoms with Crippen molar-refractivity contribution in [2.45, 2.75) is 59.0 Å². The minimum absolute atomic E-state index is 0.267. The molecule has 0 aliphatic rings. The van der Waals surface area contributed by atoms with E-state index >= 15 is 0 Å². The van der Waals surface area contributed by atoms with Crippen molar-refractivity contribution >= 4 is 0 Å². The van der Waals surface area contributed by atoms with E-state index < -0.39 is 0 Å². The molecule has 0 radical (unpaired) electrons. The van der Waals surface area contributed by atoms with Crippen molar-refractivity contribution in [3.8, 4) is 0 Å². The van der Waals surface area contributed by atoms with Gasteiger partial charge in [-0.25, -0.2) is 0 Å². The van der Waals surface area contributed by atoms with E-state index in [4.69, 9.17) is 5.11 Å². The second kappa shape index (κ2) is 7.35. The Bertz CT molecular complexity index is 125. The van der Waals surface area contributed by atoms with Crippen molar-refractivity contribution in [2.24, 2.45) is 0 Å². The fraction of sp³-hybridized carbons (Fsp3) is 0.818. The lowest BCUT2D eigenvalue weighted by Crippen LogP contribution is -2.00. The first-order valence-electron chi connectivity index (χ1n) is 5.03. The molecule has 0 aromatic heterocycles. The maximum Gasteiger partial charge on any atom is 0.0719 e. The van der Waals surface area contributed by atoms with Gasteiger partial charge in [0.1, 0.15) is 0 Å². The van der Waals surface area contributed by atoms with E-state index in [0.717, 1.165) is 12.0 Å². The Morgan fingerprint density at radius 2 is 2.00 bits per heavy atom. The van der Waals surface area contributed by atoms with Crippen molar-refractivity contribution in [3.63, 3.8) is 0 Å². The topological polar surface area (TPSA) is 20.2 Å². The molecule has 1 heteroatoms. The van der Waals surface area contributed by atoms with Crippen LogP contribution in [-0.4, -0.2) is 11.2 Å². The van der Waals surface area contributed by atoms with Gasteiger partial charge in [-0.05, 0) is 32.3 Å². The van der Waals surface area contributed by atoms with E-state index in [1.807, 2.05) is 13.8 Å². The Balaban J connectivity index is 3.34.